The lowest BCUT2D eigenvalue weighted by Gasteiger charge is -2.18. The van der Waals surface area contributed by atoms with Crippen molar-refractivity contribution in [1.82, 2.24) is 15.3 Å². The predicted molar refractivity (Wildman–Crippen MR) is 83.5 cm³/mol. The van der Waals surface area contributed by atoms with Crippen molar-refractivity contribution in [2.24, 2.45) is 0 Å². The Bertz CT molecular complexity index is 655. The Hall–Kier alpha value is -1.81. The van der Waals surface area contributed by atoms with E-state index in [4.69, 9.17) is 9.72 Å². The van der Waals surface area contributed by atoms with Crippen molar-refractivity contribution in [3.8, 4) is 5.88 Å². The molecule has 4 rings (SSSR count). The fraction of sp³-hybridized carbons (Fsp3) is 0.471. The third-order valence-electron chi connectivity index (χ3n) is 4.45. The first-order valence-corrected chi connectivity index (χ1v) is 7.95. The van der Waals surface area contributed by atoms with E-state index in [-0.39, 0.29) is 6.04 Å². The van der Waals surface area contributed by atoms with E-state index in [0.717, 1.165) is 42.7 Å². The molecule has 110 valence electrons. The average molecular weight is 283 g/mol. The number of hydrogen-bond donors (Lipinski definition) is 2. The van der Waals surface area contributed by atoms with Crippen molar-refractivity contribution in [2.45, 2.75) is 44.2 Å². The van der Waals surface area contributed by atoms with Gasteiger partial charge in [0.05, 0.1) is 17.1 Å². The Labute approximate surface area is 124 Å². The minimum absolute atomic E-state index is 0.252. The van der Waals surface area contributed by atoms with Crippen LogP contribution in [0.4, 0.5) is 0 Å². The van der Waals surface area contributed by atoms with Crippen LogP contribution in [0.15, 0.2) is 30.5 Å². The summed E-state index contributed by atoms with van der Waals surface area (Å²) in [6, 6.07) is 4.30. The van der Waals surface area contributed by atoms with Crippen LogP contribution in [-0.2, 0) is 0 Å². The van der Waals surface area contributed by atoms with E-state index in [1.807, 2.05) is 6.07 Å². The van der Waals surface area contributed by atoms with E-state index in [1.54, 1.807) is 0 Å². The van der Waals surface area contributed by atoms with E-state index in [2.05, 4.69) is 34.7 Å². The molecule has 21 heavy (non-hydrogen) atoms. The number of ether oxygens (including phenoxy) is 1. The van der Waals surface area contributed by atoms with Crippen LogP contribution in [0.3, 0.4) is 0 Å². The number of nitrogens with one attached hydrogen (secondary N) is 2. The number of hydrogen-bond acceptors (Lipinski definition) is 3. The van der Waals surface area contributed by atoms with Crippen molar-refractivity contribution in [2.75, 3.05) is 6.54 Å². The van der Waals surface area contributed by atoms with Crippen LogP contribution in [0.5, 0.6) is 5.88 Å². The highest BCUT2D eigenvalue weighted by Gasteiger charge is 2.19. The maximum atomic E-state index is 6.03. The maximum Gasteiger partial charge on any atom is 0.214 e. The summed E-state index contributed by atoms with van der Waals surface area (Å²) >= 11 is 0. The van der Waals surface area contributed by atoms with Gasteiger partial charge in [-0.15, -0.1) is 0 Å². The van der Waals surface area contributed by atoms with Gasteiger partial charge in [0.15, 0.2) is 0 Å². The molecule has 0 amide bonds. The summed E-state index contributed by atoms with van der Waals surface area (Å²) in [5, 5.41) is 3.52. The second-order valence-corrected chi connectivity index (χ2v) is 5.96. The van der Waals surface area contributed by atoms with Crippen molar-refractivity contribution in [3.05, 3.63) is 36.0 Å². The number of H-pyrrole nitrogens is 1. The predicted octanol–water partition coefficient (Wildman–Crippen LogP) is 3.47. The highest BCUT2D eigenvalue weighted by molar-refractivity contribution is 5.80. The zero-order chi connectivity index (χ0) is 14.1. The molecule has 1 unspecified atom stereocenters. The summed E-state index contributed by atoms with van der Waals surface area (Å²) in [6.45, 7) is 1.02. The molecule has 2 aromatic heterocycles. The molecule has 1 saturated carbocycles. The van der Waals surface area contributed by atoms with Gasteiger partial charge in [-0.05, 0) is 44.7 Å². The molecule has 4 nitrogen and oxygen atoms in total. The van der Waals surface area contributed by atoms with Gasteiger partial charge < -0.3 is 15.0 Å². The van der Waals surface area contributed by atoms with Crippen LogP contribution in [0, 0.1) is 0 Å². The quantitative estimate of drug-likeness (QED) is 0.848. The van der Waals surface area contributed by atoms with Gasteiger partial charge in [-0.2, -0.15) is 0 Å². The lowest BCUT2D eigenvalue weighted by atomic mass is 10.1. The fourth-order valence-electron chi connectivity index (χ4n) is 3.32. The molecule has 1 aliphatic heterocycles. The SMILES string of the molecule is C1=CC(c2c[nH]c3ccc(OC4CCCC4)nc23)NCC1. The first-order chi connectivity index (χ1) is 10.4. The summed E-state index contributed by atoms with van der Waals surface area (Å²) in [6.07, 6.45) is 12.8. The van der Waals surface area contributed by atoms with Crippen LogP contribution in [0.2, 0.25) is 0 Å². The van der Waals surface area contributed by atoms with E-state index >= 15 is 0 Å². The third-order valence-corrected chi connectivity index (χ3v) is 4.45. The van der Waals surface area contributed by atoms with Crippen LogP contribution in [0.25, 0.3) is 11.0 Å². The molecular weight excluding hydrogens is 262 g/mol. The van der Waals surface area contributed by atoms with Gasteiger partial charge in [-0.1, -0.05) is 12.2 Å². The summed E-state index contributed by atoms with van der Waals surface area (Å²) in [5.41, 5.74) is 3.30. The maximum absolute atomic E-state index is 6.03. The molecule has 1 aliphatic carbocycles. The second-order valence-electron chi connectivity index (χ2n) is 5.96. The summed E-state index contributed by atoms with van der Waals surface area (Å²) < 4.78 is 6.03. The zero-order valence-corrected chi connectivity index (χ0v) is 12.1. The van der Waals surface area contributed by atoms with E-state index in [0.29, 0.717) is 6.10 Å². The molecule has 2 aromatic rings. The van der Waals surface area contributed by atoms with Crippen LogP contribution >= 0.6 is 0 Å². The first-order valence-electron chi connectivity index (χ1n) is 7.95. The van der Waals surface area contributed by atoms with Gasteiger partial charge in [-0.3, -0.25) is 0 Å². The topological polar surface area (TPSA) is 49.9 Å². The number of aromatic nitrogens is 2. The standard InChI is InChI=1S/C17H21N3O/c1-2-6-12(5-1)21-16-9-8-15-17(20-16)13(11-19-15)14-7-3-4-10-18-14/h3,7-9,11-12,14,18-19H,1-2,4-6,10H2. The lowest BCUT2D eigenvalue weighted by Crippen LogP contribution is -2.23. The van der Waals surface area contributed by atoms with Crippen molar-refractivity contribution in [3.63, 3.8) is 0 Å². The monoisotopic (exact) mass is 283 g/mol. The smallest absolute Gasteiger partial charge is 0.214 e. The van der Waals surface area contributed by atoms with Gasteiger partial charge in [-0.25, -0.2) is 4.98 Å². The highest BCUT2D eigenvalue weighted by atomic mass is 16.5. The number of nitrogens with zero attached hydrogens (tertiary/aromatic N) is 1. The normalized spacial score (nSPS) is 23.0. The Morgan fingerprint density at radius 3 is 2.90 bits per heavy atom. The van der Waals surface area contributed by atoms with Crippen molar-refractivity contribution >= 4 is 11.0 Å². The van der Waals surface area contributed by atoms with E-state index in [1.165, 1.54) is 18.4 Å². The molecule has 2 N–H and O–H groups in total. The molecule has 1 atom stereocenters. The number of fused-ring (bicyclic) bond motifs is 1. The Balaban J connectivity index is 1.65. The van der Waals surface area contributed by atoms with Gasteiger partial charge >= 0.3 is 0 Å². The largest absolute Gasteiger partial charge is 0.474 e. The van der Waals surface area contributed by atoms with Crippen molar-refractivity contribution in [1.29, 1.82) is 0 Å². The molecule has 1 fully saturated rings. The van der Waals surface area contributed by atoms with E-state index in [9.17, 15) is 0 Å². The minimum atomic E-state index is 0.252. The molecule has 0 aromatic carbocycles. The Kier molecular flexibility index (Phi) is 3.39. The average Bonchev–Trinajstić information content (AvgIpc) is 3.17. The Morgan fingerprint density at radius 2 is 2.10 bits per heavy atom. The minimum Gasteiger partial charge on any atom is -0.474 e. The summed E-state index contributed by atoms with van der Waals surface area (Å²) in [5.74, 6) is 0.759. The third kappa shape index (κ3) is 2.56. The van der Waals surface area contributed by atoms with Gasteiger partial charge in [0.2, 0.25) is 5.88 Å². The van der Waals surface area contributed by atoms with Crippen LogP contribution in [0.1, 0.15) is 43.7 Å². The van der Waals surface area contributed by atoms with Gasteiger partial charge in [0.25, 0.3) is 0 Å². The van der Waals surface area contributed by atoms with Gasteiger partial charge in [0.1, 0.15) is 6.10 Å². The Morgan fingerprint density at radius 1 is 1.19 bits per heavy atom. The summed E-state index contributed by atoms with van der Waals surface area (Å²) in [7, 11) is 0. The van der Waals surface area contributed by atoms with Crippen LogP contribution in [-0.4, -0.2) is 22.6 Å². The lowest BCUT2D eigenvalue weighted by molar-refractivity contribution is 0.202. The fourth-order valence-corrected chi connectivity index (χ4v) is 3.32. The number of aromatic amines is 1. The second kappa shape index (κ2) is 5.53. The van der Waals surface area contributed by atoms with Crippen molar-refractivity contribution < 1.29 is 4.74 Å². The molecular formula is C17H21N3O. The molecule has 0 bridgehead atoms. The molecule has 0 saturated heterocycles. The van der Waals surface area contributed by atoms with Gasteiger partial charge in [0, 0.05) is 17.8 Å². The van der Waals surface area contributed by atoms with E-state index < -0.39 is 0 Å². The zero-order valence-electron chi connectivity index (χ0n) is 12.1. The van der Waals surface area contributed by atoms with Crippen LogP contribution < -0.4 is 10.1 Å². The number of pyridine rings is 1. The number of rotatable bonds is 3. The summed E-state index contributed by atoms with van der Waals surface area (Å²) in [4.78, 5) is 8.06. The molecule has 3 heterocycles. The molecule has 0 spiro atoms. The molecule has 0 radical (unpaired) electrons. The first kappa shape index (κ1) is 12.9. The highest BCUT2D eigenvalue weighted by Crippen LogP contribution is 2.28. The molecule has 2 aliphatic rings. The molecule has 4 heteroatoms.